The van der Waals surface area contributed by atoms with Gasteiger partial charge in [-0.15, -0.1) is 0 Å². The van der Waals surface area contributed by atoms with Crippen molar-refractivity contribution in [3.8, 4) is 11.3 Å². The summed E-state index contributed by atoms with van der Waals surface area (Å²) in [5, 5.41) is 0. The zero-order valence-electron chi connectivity index (χ0n) is 13.3. The van der Waals surface area contributed by atoms with E-state index in [-0.39, 0.29) is 11.9 Å². The summed E-state index contributed by atoms with van der Waals surface area (Å²) in [5.74, 6) is 1.37. The number of hydrogen-bond donors (Lipinski definition) is 0. The molecule has 24 heavy (non-hydrogen) atoms. The summed E-state index contributed by atoms with van der Waals surface area (Å²) in [7, 11) is 0. The number of carbonyl (C=O) groups excluding carboxylic acids is 1. The van der Waals surface area contributed by atoms with Crippen LogP contribution in [-0.2, 0) is 4.79 Å². The van der Waals surface area contributed by atoms with Gasteiger partial charge in [0.2, 0.25) is 0 Å². The largest absolute Gasteiger partial charge is 0.457 e. The Morgan fingerprint density at radius 1 is 1.38 bits per heavy atom. The van der Waals surface area contributed by atoms with Gasteiger partial charge in [0.05, 0.1) is 4.91 Å². The van der Waals surface area contributed by atoms with Crippen molar-refractivity contribution in [2.45, 2.75) is 26.3 Å². The van der Waals surface area contributed by atoms with E-state index in [9.17, 15) is 4.79 Å². The molecule has 3 nitrogen and oxygen atoms in total. The van der Waals surface area contributed by atoms with Crippen LogP contribution in [0.5, 0.6) is 0 Å². The summed E-state index contributed by atoms with van der Waals surface area (Å²) < 4.78 is 7.47. The Morgan fingerprint density at radius 3 is 2.88 bits per heavy atom. The minimum Gasteiger partial charge on any atom is -0.457 e. The third-order valence-corrected chi connectivity index (χ3v) is 5.69. The Kier molecular flexibility index (Phi) is 5.27. The first-order valence-electron chi connectivity index (χ1n) is 7.62. The molecule has 0 radical (unpaired) electrons. The molecule has 1 fully saturated rings. The van der Waals surface area contributed by atoms with Gasteiger partial charge in [0, 0.05) is 22.2 Å². The van der Waals surface area contributed by atoms with Crippen molar-refractivity contribution in [2.24, 2.45) is 0 Å². The fraction of sp³-hybridized carbons (Fsp3) is 0.222. The molecular formula is C18H16BrNO2S2. The number of furan rings is 1. The highest BCUT2D eigenvalue weighted by atomic mass is 79.9. The molecule has 1 aromatic carbocycles. The summed E-state index contributed by atoms with van der Waals surface area (Å²) in [6, 6.07) is 11.8. The van der Waals surface area contributed by atoms with Gasteiger partial charge in [0.1, 0.15) is 15.8 Å². The molecule has 2 heterocycles. The first-order valence-corrected chi connectivity index (χ1v) is 9.64. The van der Waals surface area contributed by atoms with Crippen LogP contribution in [0.25, 0.3) is 17.4 Å². The van der Waals surface area contributed by atoms with Crippen LogP contribution < -0.4 is 0 Å². The van der Waals surface area contributed by atoms with Crippen LogP contribution in [0.15, 0.2) is 50.2 Å². The Labute approximate surface area is 159 Å². The van der Waals surface area contributed by atoms with Gasteiger partial charge in [-0.2, -0.15) is 0 Å². The van der Waals surface area contributed by atoms with Gasteiger partial charge in [0.25, 0.3) is 5.91 Å². The topological polar surface area (TPSA) is 33.5 Å². The molecule has 1 amide bonds. The monoisotopic (exact) mass is 421 g/mol. The molecule has 0 N–H and O–H groups in total. The summed E-state index contributed by atoms with van der Waals surface area (Å²) in [6.45, 7) is 4.05. The molecule has 1 aliphatic heterocycles. The molecule has 1 saturated heterocycles. The first kappa shape index (κ1) is 17.5. The van der Waals surface area contributed by atoms with E-state index >= 15 is 0 Å². The summed E-state index contributed by atoms with van der Waals surface area (Å²) in [5.41, 5.74) is 0.983. The standard InChI is InChI=1S/C18H16BrNO2S2/c1-3-11(2)20-17(21)16(24-18(20)23)10-14-7-8-15(22-14)12-5-4-6-13(19)9-12/h4-11H,3H2,1-2H3/b16-10+/t11-/m1/s1. The van der Waals surface area contributed by atoms with Crippen LogP contribution >= 0.6 is 39.9 Å². The number of nitrogens with zero attached hydrogens (tertiary/aromatic N) is 1. The Balaban J connectivity index is 1.85. The number of thiocarbonyl (C=S) groups is 1. The molecule has 6 heteroatoms. The predicted molar refractivity (Wildman–Crippen MR) is 107 cm³/mol. The highest BCUT2D eigenvalue weighted by Gasteiger charge is 2.34. The van der Waals surface area contributed by atoms with E-state index in [0.29, 0.717) is 15.0 Å². The van der Waals surface area contributed by atoms with E-state index in [2.05, 4.69) is 15.9 Å². The second kappa shape index (κ2) is 7.25. The lowest BCUT2D eigenvalue weighted by Crippen LogP contribution is -2.36. The molecule has 3 rings (SSSR count). The highest BCUT2D eigenvalue weighted by Crippen LogP contribution is 2.35. The Bertz CT molecular complexity index is 828. The molecule has 1 aromatic heterocycles. The number of benzene rings is 1. The predicted octanol–water partition coefficient (Wildman–Crippen LogP) is 5.71. The lowest BCUT2D eigenvalue weighted by Gasteiger charge is -2.21. The van der Waals surface area contributed by atoms with Crippen molar-refractivity contribution in [1.29, 1.82) is 0 Å². The molecule has 0 spiro atoms. The number of halogens is 1. The molecule has 0 bridgehead atoms. The maximum Gasteiger partial charge on any atom is 0.266 e. The van der Waals surface area contributed by atoms with E-state index in [1.165, 1.54) is 11.8 Å². The number of amides is 1. The highest BCUT2D eigenvalue weighted by molar-refractivity contribution is 9.10. The molecular weight excluding hydrogens is 406 g/mol. The molecule has 2 aromatic rings. The molecule has 1 aliphatic rings. The van der Waals surface area contributed by atoms with E-state index < -0.39 is 0 Å². The van der Waals surface area contributed by atoms with Gasteiger partial charge in [-0.3, -0.25) is 9.69 Å². The number of thioether (sulfide) groups is 1. The fourth-order valence-corrected chi connectivity index (χ4v) is 4.24. The van der Waals surface area contributed by atoms with Crippen LogP contribution in [0, 0.1) is 0 Å². The Hall–Kier alpha value is -1.37. The van der Waals surface area contributed by atoms with Gasteiger partial charge < -0.3 is 4.42 Å². The van der Waals surface area contributed by atoms with Crippen LogP contribution in [-0.4, -0.2) is 21.2 Å². The van der Waals surface area contributed by atoms with Crippen molar-refractivity contribution in [1.82, 2.24) is 4.90 Å². The lowest BCUT2D eigenvalue weighted by molar-refractivity contribution is -0.123. The smallest absolute Gasteiger partial charge is 0.266 e. The van der Waals surface area contributed by atoms with Crippen molar-refractivity contribution in [3.05, 3.63) is 51.5 Å². The van der Waals surface area contributed by atoms with E-state index in [0.717, 1.165) is 22.2 Å². The van der Waals surface area contributed by atoms with Crippen LogP contribution in [0.1, 0.15) is 26.0 Å². The lowest BCUT2D eigenvalue weighted by atomic mass is 10.2. The van der Waals surface area contributed by atoms with Gasteiger partial charge in [-0.05, 0) is 37.6 Å². The van der Waals surface area contributed by atoms with Gasteiger partial charge in [-0.25, -0.2) is 0 Å². The second-order valence-corrected chi connectivity index (χ2v) is 8.11. The third-order valence-electron chi connectivity index (χ3n) is 3.86. The Morgan fingerprint density at radius 2 is 2.17 bits per heavy atom. The summed E-state index contributed by atoms with van der Waals surface area (Å²) in [6.07, 6.45) is 2.64. The number of hydrogen-bond acceptors (Lipinski definition) is 4. The first-order chi connectivity index (χ1) is 11.5. The molecule has 124 valence electrons. The average molecular weight is 422 g/mol. The summed E-state index contributed by atoms with van der Waals surface area (Å²) >= 11 is 10.1. The second-order valence-electron chi connectivity index (χ2n) is 5.52. The average Bonchev–Trinajstić information content (AvgIpc) is 3.12. The van der Waals surface area contributed by atoms with Crippen LogP contribution in [0.2, 0.25) is 0 Å². The molecule has 0 unspecified atom stereocenters. The minimum atomic E-state index is -0.0419. The normalized spacial score (nSPS) is 17.8. The fourth-order valence-electron chi connectivity index (χ4n) is 2.40. The van der Waals surface area contributed by atoms with Crippen molar-refractivity contribution >= 4 is 56.2 Å². The quantitative estimate of drug-likeness (QED) is 0.467. The molecule has 0 saturated carbocycles. The van der Waals surface area contributed by atoms with Crippen molar-refractivity contribution in [3.63, 3.8) is 0 Å². The van der Waals surface area contributed by atoms with E-state index in [4.69, 9.17) is 16.6 Å². The van der Waals surface area contributed by atoms with Crippen LogP contribution in [0.4, 0.5) is 0 Å². The maximum atomic E-state index is 12.5. The third kappa shape index (κ3) is 3.50. The van der Waals surface area contributed by atoms with E-state index in [1.807, 2.05) is 50.2 Å². The zero-order valence-corrected chi connectivity index (χ0v) is 16.5. The minimum absolute atomic E-state index is 0.0419. The van der Waals surface area contributed by atoms with Crippen molar-refractivity contribution < 1.29 is 9.21 Å². The maximum absolute atomic E-state index is 12.5. The van der Waals surface area contributed by atoms with E-state index in [1.54, 1.807) is 11.0 Å². The van der Waals surface area contributed by atoms with Gasteiger partial charge in [0.15, 0.2) is 0 Å². The molecule has 1 atom stereocenters. The molecule has 0 aliphatic carbocycles. The van der Waals surface area contributed by atoms with Gasteiger partial charge in [-0.1, -0.05) is 59.0 Å². The number of rotatable bonds is 4. The van der Waals surface area contributed by atoms with Crippen molar-refractivity contribution in [2.75, 3.05) is 0 Å². The number of carbonyl (C=O) groups is 1. The summed E-state index contributed by atoms with van der Waals surface area (Å²) in [4.78, 5) is 14.8. The van der Waals surface area contributed by atoms with Crippen LogP contribution in [0.3, 0.4) is 0 Å². The zero-order chi connectivity index (χ0) is 17.3. The van der Waals surface area contributed by atoms with Gasteiger partial charge >= 0.3 is 0 Å². The SMILES string of the molecule is CC[C@@H](C)N1C(=O)/C(=C\c2ccc(-c3cccc(Br)c3)o2)SC1=S.